The van der Waals surface area contributed by atoms with Crippen molar-refractivity contribution in [2.24, 2.45) is 0 Å². The Kier molecular flexibility index (Phi) is 2.54. The molecule has 0 atom stereocenters. The van der Waals surface area contributed by atoms with Gasteiger partial charge in [0.25, 0.3) is 0 Å². The summed E-state index contributed by atoms with van der Waals surface area (Å²) in [5.74, 6) is 0. The van der Waals surface area contributed by atoms with E-state index in [0.29, 0.717) is 5.65 Å². The quantitative estimate of drug-likeness (QED) is 0.722. The van der Waals surface area contributed by atoms with E-state index in [-0.39, 0.29) is 16.4 Å². The van der Waals surface area contributed by atoms with Crippen molar-refractivity contribution in [3.63, 3.8) is 0 Å². The van der Waals surface area contributed by atoms with Gasteiger partial charge < -0.3 is 0 Å². The first-order valence-corrected chi connectivity index (χ1v) is 5.76. The van der Waals surface area contributed by atoms with Crippen molar-refractivity contribution in [3.8, 4) is 0 Å². The molecule has 2 aromatic heterocycles. The number of hydrogen-bond acceptors (Lipinski definition) is 3. The van der Waals surface area contributed by atoms with Gasteiger partial charge >= 0.3 is 5.69 Å². The molecule has 0 aromatic carbocycles. The fourth-order valence-electron chi connectivity index (χ4n) is 1.68. The molecule has 6 heteroatoms. The highest BCUT2D eigenvalue weighted by atomic mass is 35.5. The molecule has 0 aliphatic carbocycles. The number of aryl methyl sites for hydroxylation is 2. The Morgan fingerprint density at radius 3 is 2.35 bits per heavy atom. The lowest BCUT2D eigenvalue weighted by molar-refractivity contribution is 0.344. The lowest BCUT2D eigenvalue weighted by Gasteiger charge is -2.16. The maximum atomic E-state index is 12.3. The number of hydrogen-bond donors (Lipinski definition) is 0. The van der Waals surface area contributed by atoms with Crippen LogP contribution in [0.25, 0.3) is 5.65 Å². The Balaban J connectivity index is 2.98. The maximum Gasteiger partial charge on any atom is 0.351 e. The van der Waals surface area contributed by atoms with Crippen molar-refractivity contribution < 1.29 is 0 Å². The number of halogens is 1. The lowest BCUT2D eigenvalue weighted by Crippen LogP contribution is -2.34. The summed E-state index contributed by atoms with van der Waals surface area (Å²) in [5, 5.41) is 4.52. The van der Waals surface area contributed by atoms with Gasteiger partial charge in [0, 0.05) is 5.69 Å². The second-order valence-electron chi connectivity index (χ2n) is 5.10. The first-order chi connectivity index (χ1) is 7.73. The van der Waals surface area contributed by atoms with E-state index in [2.05, 4.69) is 10.1 Å². The summed E-state index contributed by atoms with van der Waals surface area (Å²) in [4.78, 5) is 16.4. The molecule has 0 saturated carbocycles. The van der Waals surface area contributed by atoms with Crippen LogP contribution in [0.5, 0.6) is 0 Å². The zero-order valence-corrected chi connectivity index (χ0v) is 11.3. The molecule has 0 radical (unpaired) electrons. The molecule has 17 heavy (non-hydrogen) atoms. The van der Waals surface area contributed by atoms with Gasteiger partial charge in [0.2, 0.25) is 0 Å². The van der Waals surface area contributed by atoms with Crippen LogP contribution in [0.2, 0.25) is 5.15 Å². The van der Waals surface area contributed by atoms with E-state index >= 15 is 0 Å². The molecule has 5 nitrogen and oxygen atoms in total. The van der Waals surface area contributed by atoms with Crippen LogP contribution in [0.3, 0.4) is 0 Å². The van der Waals surface area contributed by atoms with Gasteiger partial charge in [-0.15, -0.1) is 5.10 Å². The fourth-order valence-corrected chi connectivity index (χ4v) is 1.93. The predicted octanol–water partition coefficient (Wildman–Crippen LogP) is 1.92. The summed E-state index contributed by atoms with van der Waals surface area (Å²) in [6.45, 7) is 9.42. The largest absolute Gasteiger partial charge is 0.351 e. The molecule has 0 fully saturated rings. The molecule has 2 rings (SSSR count). The Bertz CT molecular complexity index is 648. The van der Waals surface area contributed by atoms with E-state index < -0.39 is 0 Å². The molecule has 0 aliphatic heterocycles. The Morgan fingerprint density at radius 1 is 1.24 bits per heavy atom. The van der Waals surface area contributed by atoms with Crippen LogP contribution in [0.4, 0.5) is 0 Å². The minimum Gasteiger partial charge on any atom is -0.246 e. The molecule has 0 unspecified atom stereocenters. The van der Waals surface area contributed by atoms with Crippen molar-refractivity contribution in [1.82, 2.24) is 19.2 Å². The summed E-state index contributed by atoms with van der Waals surface area (Å²) in [6.07, 6.45) is 0. The average Bonchev–Trinajstić information content (AvgIpc) is 2.53. The smallest absolute Gasteiger partial charge is 0.246 e. The first-order valence-electron chi connectivity index (χ1n) is 5.38. The van der Waals surface area contributed by atoms with Gasteiger partial charge in [0.05, 0.1) is 11.2 Å². The molecule has 0 amide bonds. The topological polar surface area (TPSA) is 52.2 Å². The van der Waals surface area contributed by atoms with Crippen LogP contribution >= 0.6 is 11.6 Å². The van der Waals surface area contributed by atoms with Crippen molar-refractivity contribution in [2.45, 2.75) is 40.2 Å². The third-order valence-electron chi connectivity index (χ3n) is 2.72. The summed E-state index contributed by atoms with van der Waals surface area (Å²) < 4.78 is 2.94. The molecule has 92 valence electrons. The van der Waals surface area contributed by atoms with Gasteiger partial charge in [-0.3, -0.25) is 0 Å². The highest BCUT2D eigenvalue weighted by Crippen LogP contribution is 2.17. The second-order valence-corrected chi connectivity index (χ2v) is 5.46. The van der Waals surface area contributed by atoms with Crippen LogP contribution in [0.1, 0.15) is 32.2 Å². The van der Waals surface area contributed by atoms with Gasteiger partial charge in [0.15, 0.2) is 10.8 Å². The highest BCUT2D eigenvalue weighted by Gasteiger charge is 2.22. The summed E-state index contributed by atoms with van der Waals surface area (Å²) in [7, 11) is 0. The molecule has 2 aromatic rings. The van der Waals surface area contributed by atoms with Crippen LogP contribution in [-0.2, 0) is 5.54 Å². The summed E-state index contributed by atoms with van der Waals surface area (Å²) in [5.41, 5.74) is 1.35. The van der Waals surface area contributed by atoms with Gasteiger partial charge in [-0.2, -0.15) is 0 Å². The van der Waals surface area contributed by atoms with Crippen molar-refractivity contribution >= 4 is 17.2 Å². The number of rotatable bonds is 0. The normalized spacial score (nSPS) is 12.4. The van der Waals surface area contributed by atoms with E-state index in [1.807, 2.05) is 34.6 Å². The molecular formula is C11H15ClN4O. The zero-order chi connectivity index (χ0) is 13.0. The van der Waals surface area contributed by atoms with Crippen LogP contribution in [-0.4, -0.2) is 19.2 Å². The van der Waals surface area contributed by atoms with Crippen molar-refractivity contribution in [1.29, 1.82) is 0 Å². The van der Waals surface area contributed by atoms with Gasteiger partial charge in [-0.25, -0.2) is 18.9 Å². The second kappa shape index (κ2) is 3.57. The van der Waals surface area contributed by atoms with E-state index in [9.17, 15) is 4.79 Å². The molecular weight excluding hydrogens is 240 g/mol. The van der Waals surface area contributed by atoms with Crippen LogP contribution < -0.4 is 5.69 Å². The standard InChI is InChI=1S/C11H15ClN4O/c1-6-7(2)15-9(8(12)13-6)14-16(10(15)17)11(3,4)5/h1-5H3. The van der Waals surface area contributed by atoms with Gasteiger partial charge in [-0.1, -0.05) is 11.6 Å². The van der Waals surface area contributed by atoms with Crippen LogP contribution in [0.15, 0.2) is 4.79 Å². The summed E-state index contributed by atoms with van der Waals surface area (Å²) in [6, 6.07) is 0. The van der Waals surface area contributed by atoms with E-state index in [0.717, 1.165) is 11.4 Å². The van der Waals surface area contributed by atoms with E-state index in [1.165, 1.54) is 9.08 Å². The Labute approximate surface area is 104 Å². The van der Waals surface area contributed by atoms with Crippen molar-refractivity contribution in [3.05, 3.63) is 27.0 Å². The fraction of sp³-hybridized carbons (Fsp3) is 0.545. The number of nitrogens with zero attached hydrogens (tertiary/aromatic N) is 4. The van der Waals surface area contributed by atoms with Gasteiger partial charge in [-0.05, 0) is 34.6 Å². The van der Waals surface area contributed by atoms with Crippen LogP contribution in [0, 0.1) is 13.8 Å². The Morgan fingerprint density at radius 2 is 1.82 bits per heavy atom. The Hall–Kier alpha value is -1.36. The minimum atomic E-state index is -0.382. The third kappa shape index (κ3) is 1.74. The minimum absolute atomic E-state index is 0.183. The molecule has 2 heterocycles. The van der Waals surface area contributed by atoms with Gasteiger partial charge in [0.1, 0.15) is 0 Å². The number of fused-ring (bicyclic) bond motifs is 1. The molecule has 0 N–H and O–H groups in total. The molecule has 0 bridgehead atoms. The molecule has 0 spiro atoms. The average molecular weight is 255 g/mol. The van der Waals surface area contributed by atoms with Crippen molar-refractivity contribution in [2.75, 3.05) is 0 Å². The van der Waals surface area contributed by atoms with E-state index in [4.69, 9.17) is 11.6 Å². The molecule has 0 aliphatic rings. The number of aromatic nitrogens is 4. The predicted molar refractivity (Wildman–Crippen MR) is 66.7 cm³/mol. The summed E-state index contributed by atoms with van der Waals surface area (Å²) >= 11 is 6.02. The third-order valence-corrected chi connectivity index (χ3v) is 2.98. The lowest BCUT2D eigenvalue weighted by atomic mass is 10.1. The maximum absolute atomic E-state index is 12.3. The highest BCUT2D eigenvalue weighted by molar-refractivity contribution is 6.32. The first kappa shape index (κ1) is 12.1. The molecule has 0 saturated heterocycles. The monoisotopic (exact) mass is 254 g/mol. The van der Waals surface area contributed by atoms with E-state index in [1.54, 1.807) is 0 Å². The zero-order valence-electron chi connectivity index (χ0n) is 10.6. The SMILES string of the molecule is Cc1nc(Cl)c2nn(C(C)(C)C)c(=O)n2c1C.